The minimum absolute atomic E-state index is 1.05. The van der Waals surface area contributed by atoms with Gasteiger partial charge in [-0.05, 0) is 18.5 Å². The van der Waals surface area contributed by atoms with Gasteiger partial charge in [-0.15, -0.1) is 0 Å². The summed E-state index contributed by atoms with van der Waals surface area (Å²) in [7, 11) is 3.80. The highest BCUT2D eigenvalue weighted by atomic mass is 32.1. The summed E-state index contributed by atoms with van der Waals surface area (Å²) < 4.78 is 4.17. The quantitative estimate of drug-likeness (QED) is 0.683. The van der Waals surface area contributed by atoms with Crippen molar-refractivity contribution in [3.05, 3.63) is 5.69 Å². The lowest BCUT2D eigenvalue weighted by Gasteiger charge is -1.99. The standard InChI is InChI=1S/C6H11N3S/c1-4-5(7-2)6(8-3)10-9-4/h7-8H,1-3H3. The first kappa shape index (κ1) is 7.34. The molecule has 0 aliphatic rings. The average Bonchev–Trinajstić information content (AvgIpc) is 2.30. The first-order valence-electron chi connectivity index (χ1n) is 3.11. The van der Waals surface area contributed by atoms with Gasteiger partial charge in [0.15, 0.2) is 0 Å². The summed E-state index contributed by atoms with van der Waals surface area (Å²) in [5, 5.41) is 7.24. The largest absolute Gasteiger partial charge is 0.384 e. The highest BCUT2D eigenvalue weighted by molar-refractivity contribution is 7.11. The fourth-order valence-corrected chi connectivity index (χ4v) is 1.59. The molecule has 0 radical (unpaired) electrons. The second-order valence-electron chi connectivity index (χ2n) is 1.97. The molecule has 2 N–H and O–H groups in total. The number of rotatable bonds is 2. The summed E-state index contributed by atoms with van der Waals surface area (Å²) in [6, 6.07) is 0. The van der Waals surface area contributed by atoms with Gasteiger partial charge in [-0.2, -0.15) is 4.37 Å². The third-order valence-corrected chi connectivity index (χ3v) is 2.30. The van der Waals surface area contributed by atoms with E-state index in [0.29, 0.717) is 0 Å². The Hall–Kier alpha value is -0.770. The fraction of sp³-hybridized carbons (Fsp3) is 0.500. The molecular weight excluding hydrogens is 146 g/mol. The lowest BCUT2D eigenvalue weighted by Crippen LogP contribution is -1.93. The van der Waals surface area contributed by atoms with E-state index < -0.39 is 0 Å². The predicted octanol–water partition coefficient (Wildman–Crippen LogP) is 1.53. The van der Waals surface area contributed by atoms with Crippen LogP contribution in [-0.2, 0) is 0 Å². The summed E-state index contributed by atoms with van der Waals surface area (Å²) in [6.45, 7) is 1.99. The third-order valence-electron chi connectivity index (χ3n) is 1.34. The zero-order valence-electron chi connectivity index (χ0n) is 6.36. The topological polar surface area (TPSA) is 37.0 Å². The number of anilines is 2. The van der Waals surface area contributed by atoms with Crippen LogP contribution in [0.25, 0.3) is 0 Å². The van der Waals surface area contributed by atoms with Gasteiger partial charge in [0.2, 0.25) is 0 Å². The van der Waals surface area contributed by atoms with Crippen LogP contribution < -0.4 is 10.6 Å². The van der Waals surface area contributed by atoms with Gasteiger partial charge in [0.05, 0.1) is 11.4 Å². The van der Waals surface area contributed by atoms with Crippen molar-refractivity contribution in [1.82, 2.24) is 4.37 Å². The number of nitrogens with one attached hydrogen (secondary N) is 2. The number of hydrogen-bond acceptors (Lipinski definition) is 4. The third kappa shape index (κ3) is 1.07. The predicted molar refractivity (Wildman–Crippen MR) is 45.9 cm³/mol. The van der Waals surface area contributed by atoms with Gasteiger partial charge in [-0.25, -0.2) is 0 Å². The molecule has 0 saturated heterocycles. The lowest BCUT2D eigenvalue weighted by atomic mass is 10.4. The molecule has 0 bridgehead atoms. The zero-order valence-corrected chi connectivity index (χ0v) is 7.17. The Morgan fingerprint density at radius 2 is 2.00 bits per heavy atom. The molecule has 0 unspecified atom stereocenters. The van der Waals surface area contributed by atoms with Crippen molar-refractivity contribution in [3.63, 3.8) is 0 Å². The minimum atomic E-state index is 1.05. The van der Waals surface area contributed by atoms with Crippen LogP contribution in [0.3, 0.4) is 0 Å². The van der Waals surface area contributed by atoms with E-state index in [4.69, 9.17) is 0 Å². The number of aromatic nitrogens is 1. The van der Waals surface area contributed by atoms with Crippen molar-refractivity contribution in [1.29, 1.82) is 0 Å². The highest BCUT2D eigenvalue weighted by Crippen LogP contribution is 2.28. The molecule has 0 atom stereocenters. The lowest BCUT2D eigenvalue weighted by molar-refractivity contribution is 1.32. The average molecular weight is 157 g/mol. The number of hydrogen-bond donors (Lipinski definition) is 2. The molecule has 0 aromatic carbocycles. The Morgan fingerprint density at radius 3 is 2.40 bits per heavy atom. The van der Waals surface area contributed by atoms with Gasteiger partial charge in [-0.1, -0.05) is 0 Å². The molecule has 1 aromatic rings. The maximum Gasteiger partial charge on any atom is 0.132 e. The van der Waals surface area contributed by atoms with E-state index in [1.54, 1.807) is 0 Å². The molecule has 0 spiro atoms. The highest BCUT2D eigenvalue weighted by Gasteiger charge is 2.05. The van der Waals surface area contributed by atoms with Crippen LogP contribution in [0.2, 0.25) is 0 Å². The van der Waals surface area contributed by atoms with Gasteiger partial charge in [0.25, 0.3) is 0 Å². The van der Waals surface area contributed by atoms with E-state index in [1.807, 2.05) is 21.0 Å². The second-order valence-corrected chi connectivity index (χ2v) is 2.75. The molecule has 1 rings (SSSR count). The summed E-state index contributed by atoms with van der Waals surface area (Å²) in [4.78, 5) is 0. The van der Waals surface area contributed by atoms with Gasteiger partial charge < -0.3 is 10.6 Å². The fourth-order valence-electron chi connectivity index (χ4n) is 0.835. The van der Waals surface area contributed by atoms with E-state index in [2.05, 4.69) is 15.0 Å². The molecule has 0 aliphatic heterocycles. The van der Waals surface area contributed by atoms with Gasteiger partial charge >= 0.3 is 0 Å². The van der Waals surface area contributed by atoms with Crippen LogP contribution in [-0.4, -0.2) is 18.5 Å². The Labute approximate surface area is 64.6 Å². The van der Waals surface area contributed by atoms with Gasteiger partial charge in [0, 0.05) is 14.1 Å². The Balaban J connectivity index is 3.01. The maximum atomic E-state index is 4.17. The molecule has 4 heteroatoms. The van der Waals surface area contributed by atoms with Crippen LogP contribution in [0.1, 0.15) is 5.69 Å². The van der Waals surface area contributed by atoms with E-state index in [1.165, 1.54) is 11.5 Å². The number of nitrogens with zero attached hydrogens (tertiary/aromatic N) is 1. The van der Waals surface area contributed by atoms with E-state index in [9.17, 15) is 0 Å². The Kier molecular flexibility index (Phi) is 2.11. The molecular formula is C6H11N3S. The molecule has 56 valence electrons. The van der Waals surface area contributed by atoms with Crippen LogP contribution in [0.5, 0.6) is 0 Å². The summed E-state index contributed by atoms with van der Waals surface area (Å²) in [5.41, 5.74) is 2.16. The van der Waals surface area contributed by atoms with Crippen molar-refractivity contribution in [2.24, 2.45) is 0 Å². The summed E-state index contributed by atoms with van der Waals surface area (Å²) in [5.74, 6) is 0. The van der Waals surface area contributed by atoms with E-state index >= 15 is 0 Å². The first-order chi connectivity index (χ1) is 4.79. The summed E-state index contributed by atoms with van der Waals surface area (Å²) >= 11 is 1.48. The SMILES string of the molecule is CNc1snc(C)c1NC. The Morgan fingerprint density at radius 1 is 1.30 bits per heavy atom. The van der Waals surface area contributed by atoms with Crippen LogP contribution >= 0.6 is 11.5 Å². The normalized spacial score (nSPS) is 9.50. The Bertz CT molecular complexity index is 219. The van der Waals surface area contributed by atoms with Crippen LogP contribution in [0.15, 0.2) is 0 Å². The van der Waals surface area contributed by atoms with E-state index in [-0.39, 0.29) is 0 Å². The maximum absolute atomic E-state index is 4.17. The van der Waals surface area contributed by atoms with Crippen LogP contribution in [0.4, 0.5) is 10.7 Å². The molecule has 10 heavy (non-hydrogen) atoms. The zero-order chi connectivity index (χ0) is 7.56. The van der Waals surface area contributed by atoms with Crippen molar-refractivity contribution in [2.75, 3.05) is 24.7 Å². The minimum Gasteiger partial charge on any atom is -0.384 e. The number of aryl methyl sites for hydroxylation is 1. The summed E-state index contributed by atoms with van der Waals surface area (Å²) in [6.07, 6.45) is 0. The second kappa shape index (κ2) is 2.88. The molecule has 0 fully saturated rings. The molecule has 0 amide bonds. The molecule has 0 saturated carbocycles. The van der Waals surface area contributed by atoms with Crippen molar-refractivity contribution in [2.45, 2.75) is 6.92 Å². The van der Waals surface area contributed by atoms with E-state index in [0.717, 1.165) is 16.4 Å². The van der Waals surface area contributed by atoms with Crippen molar-refractivity contribution >= 4 is 22.2 Å². The van der Waals surface area contributed by atoms with Crippen LogP contribution in [0, 0.1) is 6.92 Å². The van der Waals surface area contributed by atoms with Crippen molar-refractivity contribution < 1.29 is 0 Å². The molecule has 1 aromatic heterocycles. The molecule has 1 heterocycles. The van der Waals surface area contributed by atoms with Crippen molar-refractivity contribution in [3.8, 4) is 0 Å². The van der Waals surface area contributed by atoms with Gasteiger partial charge in [-0.3, -0.25) is 0 Å². The molecule has 0 aliphatic carbocycles. The monoisotopic (exact) mass is 157 g/mol. The smallest absolute Gasteiger partial charge is 0.132 e. The first-order valence-corrected chi connectivity index (χ1v) is 3.88. The molecule has 3 nitrogen and oxygen atoms in total. The van der Waals surface area contributed by atoms with Gasteiger partial charge in [0.1, 0.15) is 5.00 Å².